The lowest BCUT2D eigenvalue weighted by Gasteiger charge is -2.50. The van der Waals surface area contributed by atoms with Gasteiger partial charge in [0.15, 0.2) is 0 Å². The second-order valence-corrected chi connectivity index (χ2v) is 6.91. The molecule has 0 spiro atoms. The second kappa shape index (κ2) is 7.03. The van der Waals surface area contributed by atoms with Crippen LogP contribution in [0, 0.1) is 0 Å². The van der Waals surface area contributed by atoms with E-state index in [0.717, 1.165) is 12.6 Å². The molecule has 3 nitrogen and oxygen atoms in total. The van der Waals surface area contributed by atoms with Gasteiger partial charge in [-0.05, 0) is 48.2 Å². The van der Waals surface area contributed by atoms with E-state index in [4.69, 9.17) is 0 Å². The van der Waals surface area contributed by atoms with Gasteiger partial charge in [0.25, 0.3) is 0 Å². The van der Waals surface area contributed by atoms with Crippen molar-refractivity contribution in [3.05, 3.63) is 22.4 Å². The van der Waals surface area contributed by atoms with Crippen molar-refractivity contribution in [2.45, 2.75) is 38.3 Å². The van der Waals surface area contributed by atoms with Crippen LogP contribution in [0.3, 0.4) is 0 Å². The molecule has 1 aromatic rings. The number of piperazine rings is 3. The van der Waals surface area contributed by atoms with Gasteiger partial charge in [0.2, 0.25) is 0 Å². The highest BCUT2D eigenvalue weighted by Crippen LogP contribution is 2.21. The molecule has 20 heavy (non-hydrogen) atoms. The quantitative estimate of drug-likeness (QED) is 0.830. The van der Waals surface area contributed by atoms with E-state index in [2.05, 4.69) is 38.9 Å². The topological polar surface area (TPSA) is 18.5 Å². The zero-order valence-corrected chi connectivity index (χ0v) is 13.4. The predicted octanol–water partition coefficient (Wildman–Crippen LogP) is 2.05. The van der Waals surface area contributed by atoms with Crippen molar-refractivity contribution in [2.24, 2.45) is 0 Å². The summed E-state index contributed by atoms with van der Waals surface area (Å²) in [5.41, 5.74) is 1.51. The predicted molar refractivity (Wildman–Crippen MR) is 86.5 cm³/mol. The van der Waals surface area contributed by atoms with Crippen LogP contribution in [0.4, 0.5) is 0 Å². The molecule has 2 unspecified atom stereocenters. The van der Waals surface area contributed by atoms with Gasteiger partial charge >= 0.3 is 0 Å². The van der Waals surface area contributed by atoms with Crippen molar-refractivity contribution < 1.29 is 0 Å². The summed E-state index contributed by atoms with van der Waals surface area (Å²) < 4.78 is 0. The standard InChI is InChI=1S/C16H27N3S/c1-2-6-17-15(4-3-14-5-11-20-13-14)16-12-18-7-9-19(16)10-8-18/h5,11,13,15-17H,2-4,6-10,12H2,1H3. The molecule has 3 aliphatic heterocycles. The minimum Gasteiger partial charge on any atom is -0.312 e. The number of fused-ring (bicyclic) bond motifs is 3. The van der Waals surface area contributed by atoms with Crippen LogP contribution in [0.1, 0.15) is 25.3 Å². The Morgan fingerprint density at radius 3 is 2.80 bits per heavy atom. The van der Waals surface area contributed by atoms with Gasteiger partial charge < -0.3 is 5.32 Å². The Hall–Kier alpha value is -0.420. The number of nitrogens with zero attached hydrogens (tertiary/aromatic N) is 2. The largest absolute Gasteiger partial charge is 0.312 e. The second-order valence-electron chi connectivity index (χ2n) is 6.13. The van der Waals surface area contributed by atoms with E-state index >= 15 is 0 Å². The smallest absolute Gasteiger partial charge is 0.0377 e. The van der Waals surface area contributed by atoms with Gasteiger partial charge in [-0.1, -0.05) is 6.92 Å². The summed E-state index contributed by atoms with van der Waals surface area (Å²) in [6.07, 6.45) is 3.71. The zero-order valence-electron chi connectivity index (χ0n) is 12.6. The molecule has 4 heteroatoms. The molecule has 112 valence electrons. The lowest BCUT2D eigenvalue weighted by Crippen LogP contribution is -2.66. The van der Waals surface area contributed by atoms with E-state index in [0.29, 0.717) is 6.04 Å². The minimum atomic E-state index is 0.651. The summed E-state index contributed by atoms with van der Waals surface area (Å²) in [4.78, 5) is 5.37. The van der Waals surface area contributed by atoms with Gasteiger partial charge in [-0.15, -0.1) is 0 Å². The van der Waals surface area contributed by atoms with E-state index < -0.39 is 0 Å². The number of aryl methyl sites for hydroxylation is 1. The number of hydrogen-bond donors (Lipinski definition) is 1. The van der Waals surface area contributed by atoms with E-state index in [1.165, 1.54) is 57.5 Å². The van der Waals surface area contributed by atoms with E-state index in [1.54, 1.807) is 0 Å². The molecule has 3 fully saturated rings. The molecule has 0 aromatic carbocycles. The molecule has 4 heterocycles. The zero-order chi connectivity index (χ0) is 13.8. The van der Waals surface area contributed by atoms with Crippen molar-refractivity contribution >= 4 is 11.3 Å². The van der Waals surface area contributed by atoms with E-state index in [1.807, 2.05) is 11.3 Å². The van der Waals surface area contributed by atoms with Crippen LogP contribution >= 0.6 is 11.3 Å². The SMILES string of the molecule is CCCNC(CCc1ccsc1)C1CN2CCN1CC2. The Balaban J connectivity index is 1.59. The Kier molecular flexibility index (Phi) is 5.10. The average molecular weight is 293 g/mol. The molecule has 1 N–H and O–H groups in total. The van der Waals surface area contributed by atoms with Crippen molar-refractivity contribution in [1.82, 2.24) is 15.1 Å². The third-order valence-electron chi connectivity index (χ3n) is 4.77. The van der Waals surface area contributed by atoms with Gasteiger partial charge in [0.1, 0.15) is 0 Å². The average Bonchev–Trinajstić information content (AvgIpc) is 3.02. The first-order valence-corrected chi connectivity index (χ1v) is 9.02. The first-order valence-electron chi connectivity index (χ1n) is 8.07. The molecule has 2 bridgehead atoms. The highest BCUT2D eigenvalue weighted by Gasteiger charge is 2.36. The fraction of sp³-hybridized carbons (Fsp3) is 0.750. The minimum absolute atomic E-state index is 0.651. The van der Waals surface area contributed by atoms with Gasteiger partial charge in [-0.25, -0.2) is 0 Å². The molecule has 1 aromatic heterocycles. The number of rotatable bonds is 7. The lowest BCUT2D eigenvalue weighted by atomic mass is 9.95. The Bertz CT molecular complexity index is 384. The summed E-state index contributed by atoms with van der Waals surface area (Å²) in [7, 11) is 0. The summed E-state index contributed by atoms with van der Waals surface area (Å²) in [5, 5.41) is 8.32. The first-order chi connectivity index (χ1) is 9.86. The maximum atomic E-state index is 3.82. The Labute approximate surface area is 127 Å². The summed E-state index contributed by atoms with van der Waals surface area (Å²) in [6.45, 7) is 9.79. The first kappa shape index (κ1) is 14.5. The highest BCUT2D eigenvalue weighted by molar-refractivity contribution is 7.07. The van der Waals surface area contributed by atoms with Crippen molar-refractivity contribution in [3.63, 3.8) is 0 Å². The van der Waals surface area contributed by atoms with Crippen molar-refractivity contribution in [2.75, 3.05) is 39.3 Å². The monoisotopic (exact) mass is 293 g/mol. The van der Waals surface area contributed by atoms with E-state index in [-0.39, 0.29) is 0 Å². The van der Waals surface area contributed by atoms with Crippen LogP contribution in [0.5, 0.6) is 0 Å². The van der Waals surface area contributed by atoms with Gasteiger partial charge in [-0.2, -0.15) is 11.3 Å². The van der Waals surface area contributed by atoms with E-state index in [9.17, 15) is 0 Å². The van der Waals surface area contributed by atoms with Crippen molar-refractivity contribution in [1.29, 1.82) is 0 Å². The van der Waals surface area contributed by atoms with Crippen LogP contribution in [0.15, 0.2) is 16.8 Å². The number of nitrogens with one attached hydrogen (secondary N) is 1. The maximum absolute atomic E-state index is 3.82. The number of hydrogen-bond acceptors (Lipinski definition) is 4. The molecular weight excluding hydrogens is 266 g/mol. The molecule has 0 saturated carbocycles. The maximum Gasteiger partial charge on any atom is 0.0377 e. The van der Waals surface area contributed by atoms with Crippen LogP contribution in [0.25, 0.3) is 0 Å². The molecule has 0 amide bonds. The van der Waals surface area contributed by atoms with Crippen molar-refractivity contribution in [3.8, 4) is 0 Å². The third kappa shape index (κ3) is 3.42. The Morgan fingerprint density at radius 2 is 2.20 bits per heavy atom. The van der Waals surface area contributed by atoms with Crippen LogP contribution in [-0.2, 0) is 6.42 Å². The third-order valence-corrected chi connectivity index (χ3v) is 5.50. The van der Waals surface area contributed by atoms with Gasteiger partial charge in [0.05, 0.1) is 0 Å². The molecule has 4 rings (SSSR count). The van der Waals surface area contributed by atoms with Crippen LogP contribution < -0.4 is 5.32 Å². The lowest BCUT2D eigenvalue weighted by molar-refractivity contribution is -0.00437. The summed E-state index contributed by atoms with van der Waals surface area (Å²) >= 11 is 1.82. The van der Waals surface area contributed by atoms with Gasteiger partial charge in [-0.3, -0.25) is 9.80 Å². The molecule has 2 atom stereocenters. The number of thiophene rings is 1. The molecule has 0 aliphatic carbocycles. The fourth-order valence-corrected chi connectivity index (χ4v) is 4.26. The van der Waals surface area contributed by atoms with Crippen LogP contribution in [0.2, 0.25) is 0 Å². The Morgan fingerprint density at radius 1 is 1.35 bits per heavy atom. The summed E-state index contributed by atoms with van der Waals surface area (Å²) in [6, 6.07) is 3.65. The molecule has 3 aliphatic rings. The normalized spacial score (nSPS) is 30.6. The fourth-order valence-electron chi connectivity index (χ4n) is 3.56. The van der Waals surface area contributed by atoms with Gasteiger partial charge in [0, 0.05) is 44.8 Å². The molecule has 0 radical (unpaired) electrons. The molecule has 3 saturated heterocycles. The van der Waals surface area contributed by atoms with Crippen LogP contribution in [-0.4, -0.2) is 61.2 Å². The molecular formula is C16H27N3S. The summed E-state index contributed by atoms with van der Waals surface area (Å²) in [5.74, 6) is 0. The highest BCUT2D eigenvalue weighted by atomic mass is 32.1.